The Kier molecular flexibility index (Phi) is 3.40. The summed E-state index contributed by atoms with van der Waals surface area (Å²) in [4.78, 5) is 32.2. The number of hydrogen-bond acceptors (Lipinski definition) is 5. The third-order valence-corrected chi connectivity index (χ3v) is 2.94. The van der Waals surface area contributed by atoms with Crippen molar-refractivity contribution in [2.45, 2.75) is 18.9 Å². The predicted molar refractivity (Wildman–Crippen MR) is 63.4 cm³/mol. The number of aromatic carboxylic acids is 1. The highest BCUT2D eigenvalue weighted by Gasteiger charge is 2.31. The zero-order valence-corrected chi connectivity index (χ0v) is 9.96. The number of nitrogens with one attached hydrogen (secondary N) is 1. The van der Waals surface area contributed by atoms with Gasteiger partial charge in [-0.25, -0.2) is 14.8 Å². The predicted octanol–water partition coefficient (Wildman–Crippen LogP) is -0.110. The van der Waals surface area contributed by atoms with Crippen molar-refractivity contribution in [1.82, 2.24) is 15.3 Å². The molecule has 1 unspecified atom stereocenters. The molecule has 0 aromatic carbocycles. The lowest BCUT2D eigenvalue weighted by molar-refractivity contribution is -0.121. The molecule has 1 atom stereocenters. The Hall–Kier alpha value is -2.18. The molecule has 2 N–H and O–H groups in total. The second-order valence-electron chi connectivity index (χ2n) is 4.04. The Morgan fingerprint density at radius 3 is 2.67 bits per heavy atom. The second-order valence-corrected chi connectivity index (χ2v) is 4.04. The number of anilines is 1. The quantitative estimate of drug-likeness (QED) is 0.777. The minimum atomic E-state index is -1.06. The lowest BCUT2D eigenvalue weighted by Gasteiger charge is -2.22. The summed E-state index contributed by atoms with van der Waals surface area (Å²) in [6, 6.07) is -0.273. The van der Waals surface area contributed by atoms with E-state index in [1.54, 1.807) is 11.9 Å². The summed E-state index contributed by atoms with van der Waals surface area (Å²) in [6.07, 6.45) is 4.15. The molecule has 0 radical (unpaired) electrons. The Bertz CT molecular complexity index is 460. The average Bonchev–Trinajstić information content (AvgIpc) is 2.87. The van der Waals surface area contributed by atoms with Crippen molar-refractivity contribution in [1.29, 1.82) is 0 Å². The second kappa shape index (κ2) is 4.99. The monoisotopic (exact) mass is 250 g/mol. The number of carbonyl (C=O) groups is 2. The highest BCUT2D eigenvalue weighted by molar-refractivity contribution is 5.87. The van der Waals surface area contributed by atoms with Crippen molar-refractivity contribution in [3.05, 3.63) is 18.0 Å². The van der Waals surface area contributed by atoms with Crippen LogP contribution >= 0.6 is 0 Å². The van der Waals surface area contributed by atoms with E-state index in [-0.39, 0.29) is 17.5 Å². The first-order valence-electron chi connectivity index (χ1n) is 5.67. The van der Waals surface area contributed by atoms with Crippen molar-refractivity contribution < 1.29 is 14.7 Å². The fourth-order valence-corrected chi connectivity index (χ4v) is 2.03. The first-order valence-corrected chi connectivity index (χ1v) is 5.67. The van der Waals surface area contributed by atoms with Crippen molar-refractivity contribution in [2.75, 3.05) is 18.5 Å². The Labute approximate surface area is 104 Å². The van der Waals surface area contributed by atoms with Gasteiger partial charge in [-0.2, -0.15) is 0 Å². The molecule has 18 heavy (non-hydrogen) atoms. The maximum absolute atomic E-state index is 11.7. The minimum Gasteiger partial charge on any atom is -0.478 e. The first-order chi connectivity index (χ1) is 8.63. The van der Waals surface area contributed by atoms with Gasteiger partial charge in [0, 0.05) is 26.0 Å². The topological polar surface area (TPSA) is 95.4 Å². The van der Waals surface area contributed by atoms with Gasteiger partial charge < -0.3 is 15.3 Å². The number of rotatable bonds is 3. The van der Waals surface area contributed by atoms with E-state index in [2.05, 4.69) is 15.3 Å². The van der Waals surface area contributed by atoms with Crippen LogP contribution in [0.1, 0.15) is 23.2 Å². The van der Waals surface area contributed by atoms with Crippen LogP contribution in [0.25, 0.3) is 0 Å². The lowest BCUT2D eigenvalue weighted by atomic mass is 10.2. The molecule has 7 nitrogen and oxygen atoms in total. The third-order valence-electron chi connectivity index (χ3n) is 2.94. The molecule has 7 heteroatoms. The van der Waals surface area contributed by atoms with Gasteiger partial charge in [0.1, 0.15) is 6.04 Å². The Morgan fingerprint density at radius 1 is 1.44 bits per heavy atom. The van der Waals surface area contributed by atoms with Crippen molar-refractivity contribution in [3.8, 4) is 0 Å². The maximum Gasteiger partial charge on any atom is 0.338 e. The van der Waals surface area contributed by atoms with E-state index < -0.39 is 5.97 Å². The van der Waals surface area contributed by atoms with Crippen LogP contribution in [0.2, 0.25) is 0 Å². The van der Waals surface area contributed by atoms with Gasteiger partial charge in [0.2, 0.25) is 11.9 Å². The number of aromatic nitrogens is 2. The van der Waals surface area contributed by atoms with E-state index in [0.717, 1.165) is 12.8 Å². The van der Waals surface area contributed by atoms with Crippen LogP contribution in [-0.4, -0.2) is 46.6 Å². The van der Waals surface area contributed by atoms with Crippen LogP contribution in [-0.2, 0) is 4.79 Å². The smallest absolute Gasteiger partial charge is 0.338 e. The maximum atomic E-state index is 11.7. The number of hydrogen-bond donors (Lipinski definition) is 2. The number of carboxylic acids is 1. The van der Waals surface area contributed by atoms with E-state index in [4.69, 9.17) is 5.11 Å². The summed E-state index contributed by atoms with van der Waals surface area (Å²) in [6.45, 7) is 0.699. The molecule has 1 saturated heterocycles. The van der Waals surface area contributed by atoms with E-state index in [9.17, 15) is 9.59 Å². The summed E-state index contributed by atoms with van der Waals surface area (Å²) >= 11 is 0. The average molecular weight is 250 g/mol. The highest BCUT2D eigenvalue weighted by Crippen LogP contribution is 2.22. The fraction of sp³-hybridized carbons (Fsp3) is 0.455. The van der Waals surface area contributed by atoms with Crippen LogP contribution in [0.5, 0.6) is 0 Å². The number of carboxylic acid groups (broad SMARTS) is 1. The minimum absolute atomic E-state index is 0.0365. The molecule has 0 spiro atoms. The summed E-state index contributed by atoms with van der Waals surface area (Å²) in [7, 11) is 1.59. The van der Waals surface area contributed by atoms with Gasteiger partial charge in [-0.05, 0) is 12.8 Å². The SMILES string of the molecule is CNC(=O)C1CCCN1c1ncc(C(=O)O)cn1. The molecule has 96 valence electrons. The molecule has 0 aliphatic carbocycles. The number of nitrogens with zero attached hydrogens (tertiary/aromatic N) is 3. The van der Waals surface area contributed by atoms with Crippen molar-refractivity contribution in [2.24, 2.45) is 0 Å². The van der Waals surface area contributed by atoms with Gasteiger partial charge in [0.15, 0.2) is 0 Å². The van der Waals surface area contributed by atoms with Crippen LogP contribution in [0.3, 0.4) is 0 Å². The lowest BCUT2D eigenvalue weighted by Crippen LogP contribution is -2.42. The molecule has 1 amide bonds. The molecule has 1 aliphatic rings. The zero-order valence-electron chi connectivity index (χ0n) is 9.96. The molecule has 2 heterocycles. The first kappa shape index (κ1) is 12.3. The third kappa shape index (κ3) is 2.24. The van der Waals surface area contributed by atoms with Crippen molar-refractivity contribution >= 4 is 17.8 Å². The van der Waals surface area contributed by atoms with Crippen LogP contribution in [0, 0.1) is 0 Å². The van der Waals surface area contributed by atoms with Gasteiger partial charge in [0.05, 0.1) is 5.56 Å². The summed E-state index contributed by atoms with van der Waals surface area (Å²) in [5.74, 6) is -0.740. The summed E-state index contributed by atoms with van der Waals surface area (Å²) in [5.41, 5.74) is 0.0365. The fourth-order valence-electron chi connectivity index (χ4n) is 2.03. The Balaban J connectivity index is 2.20. The molecule has 1 aromatic rings. The molecule has 0 bridgehead atoms. The van der Waals surface area contributed by atoms with E-state index in [0.29, 0.717) is 12.5 Å². The van der Waals surface area contributed by atoms with Gasteiger partial charge >= 0.3 is 5.97 Å². The summed E-state index contributed by atoms with van der Waals surface area (Å²) in [5, 5.41) is 11.4. The summed E-state index contributed by atoms with van der Waals surface area (Å²) < 4.78 is 0. The van der Waals surface area contributed by atoms with Crippen LogP contribution in [0.4, 0.5) is 5.95 Å². The number of carbonyl (C=O) groups excluding carboxylic acids is 1. The highest BCUT2D eigenvalue weighted by atomic mass is 16.4. The largest absolute Gasteiger partial charge is 0.478 e. The van der Waals surface area contributed by atoms with Gasteiger partial charge in [0.25, 0.3) is 0 Å². The van der Waals surface area contributed by atoms with Gasteiger partial charge in [-0.15, -0.1) is 0 Å². The standard InChI is InChI=1S/C11H14N4O3/c1-12-9(16)8-3-2-4-15(8)11-13-5-7(6-14-11)10(17)18/h5-6,8H,2-4H2,1H3,(H,12,16)(H,17,18). The van der Waals surface area contributed by atoms with Gasteiger partial charge in [-0.1, -0.05) is 0 Å². The van der Waals surface area contributed by atoms with Crippen LogP contribution in [0.15, 0.2) is 12.4 Å². The number of likely N-dealkylation sites (N-methyl/N-ethyl adjacent to an activating group) is 1. The molecule has 1 fully saturated rings. The molecule has 0 saturated carbocycles. The number of amides is 1. The normalized spacial score (nSPS) is 18.7. The van der Waals surface area contributed by atoms with Crippen LogP contribution < -0.4 is 10.2 Å². The van der Waals surface area contributed by atoms with E-state index in [1.807, 2.05) is 0 Å². The van der Waals surface area contributed by atoms with Gasteiger partial charge in [-0.3, -0.25) is 4.79 Å². The molecule has 2 rings (SSSR count). The zero-order chi connectivity index (χ0) is 13.1. The molecular formula is C11H14N4O3. The van der Waals surface area contributed by atoms with E-state index >= 15 is 0 Å². The molecule has 1 aromatic heterocycles. The Morgan fingerprint density at radius 2 is 2.11 bits per heavy atom. The molecular weight excluding hydrogens is 236 g/mol. The van der Waals surface area contributed by atoms with E-state index in [1.165, 1.54) is 12.4 Å². The van der Waals surface area contributed by atoms with Crippen molar-refractivity contribution in [3.63, 3.8) is 0 Å². The molecule has 1 aliphatic heterocycles.